The number of aromatic nitrogens is 1. The Morgan fingerprint density at radius 1 is 1.18 bits per heavy atom. The van der Waals surface area contributed by atoms with E-state index in [0.29, 0.717) is 23.3 Å². The lowest BCUT2D eigenvalue weighted by atomic mass is 9.80. The van der Waals surface area contributed by atoms with Crippen molar-refractivity contribution in [2.24, 2.45) is 5.16 Å². The van der Waals surface area contributed by atoms with E-state index in [4.69, 9.17) is 50.3 Å². The number of esters is 1. The number of carbonyl (C=O) groups excluding carboxylic acids is 5. The Balaban J connectivity index is 1.35. The third kappa shape index (κ3) is 8.40. The minimum absolute atomic E-state index is 0.00242. The molecule has 15 nitrogen and oxygen atoms in total. The van der Waals surface area contributed by atoms with E-state index in [9.17, 15) is 24.0 Å². The topological polar surface area (TPSA) is 184 Å². The molecule has 2 N–H and O–H groups in total. The van der Waals surface area contributed by atoms with E-state index < -0.39 is 58.2 Å². The highest BCUT2D eigenvalue weighted by Gasteiger charge is 2.55. The second-order valence-corrected chi connectivity index (χ2v) is 15.4. The Bertz CT molecular complexity index is 1780. The molecule has 2 aliphatic heterocycles. The zero-order valence-corrected chi connectivity index (χ0v) is 30.9. The number of ether oxygens (including phenoxy) is 3. The smallest absolute Gasteiger partial charge is 0.413 e. The molecule has 270 valence electrons. The fourth-order valence-corrected chi connectivity index (χ4v) is 7.79. The Morgan fingerprint density at radius 3 is 2.47 bits per heavy atom. The van der Waals surface area contributed by atoms with Gasteiger partial charge in [-0.25, -0.2) is 19.4 Å². The van der Waals surface area contributed by atoms with Gasteiger partial charge in [0, 0.05) is 24.5 Å². The van der Waals surface area contributed by atoms with Crippen LogP contribution in [0, 0.1) is 0 Å². The Kier molecular flexibility index (Phi) is 11.8. The van der Waals surface area contributed by atoms with Crippen LogP contribution in [0.5, 0.6) is 5.75 Å². The number of oxime groups is 1. The van der Waals surface area contributed by atoms with E-state index in [1.165, 1.54) is 23.8 Å². The Labute approximate surface area is 312 Å². The number of alkyl halides is 1. The summed E-state index contributed by atoms with van der Waals surface area (Å²) in [6, 6.07) is 5.80. The van der Waals surface area contributed by atoms with Crippen molar-refractivity contribution in [3.05, 3.63) is 51.1 Å². The van der Waals surface area contributed by atoms with E-state index in [1.54, 1.807) is 45.0 Å². The van der Waals surface area contributed by atoms with E-state index >= 15 is 0 Å². The molecule has 51 heavy (non-hydrogen) atoms. The van der Waals surface area contributed by atoms with Crippen LogP contribution in [0.1, 0.15) is 51.3 Å². The number of amides is 3. The van der Waals surface area contributed by atoms with E-state index in [-0.39, 0.29) is 51.9 Å². The lowest BCUT2D eigenvalue weighted by molar-refractivity contribution is -0.175. The molecule has 2 atom stereocenters. The summed E-state index contributed by atoms with van der Waals surface area (Å²) in [6.07, 6.45) is 0.189. The van der Waals surface area contributed by atoms with Crippen LogP contribution in [0.4, 0.5) is 9.93 Å². The van der Waals surface area contributed by atoms with Gasteiger partial charge in [-0.1, -0.05) is 40.2 Å². The first-order chi connectivity index (χ1) is 24.2. The van der Waals surface area contributed by atoms with E-state index in [1.807, 2.05) is 0 Å². The average molecular weight is 780 g/mol. The summed E-state index contributed by atoms with van der Waals surface area (Å²) in [5.74, 6) is -2.32. The molecule has 1 aliphatic carbocycles. The first kappa shape index (κ1) is 38.2. The molecule has 20 heteroatoms. The quantitative estimate of drug-likeness (QED) is 0.0788. The molecule has 3 heterocycles. The predicted octanol–water partition coefficient (Wildman–Crippen LogP) is 4.06. The van der Waals surface area contributed by atoms with Crippen LogP contribution in [0.3, 0.4) is 0 Å². The van der Waals surface area contributed by atoms with Gasteiger partial charge < -0.3 is 29.0 Å². The highest BCUT2D eigenvalue weighted by molar-refractivity contribution is 8.00. The molecule has 2 unspecified atom stereocenters. The van der Waals surface area contributed by atoms with Gasteiger partial charge >= 0.3 is 26.1 Å². The van der Waals surface area contributed by atoms with Crippen LogP contribution in [0.15, 0.2) is 40.7 Å². The van der Waals surface area contributed by atoms with Crippen molar-refractivity contribution >= 4 is 95.0 Å². The third-order valence-corrected chi connectivity index (χ3v) is 10.6. The Morgan fingerprint density at radius 2 is 1.88 bits per heavy atom. The molecule has 1 saturated carbocycles. The third-order valence-electron chi connectivity index (χ3n) is 7.80. The number of carbonyl (C=O) groups is 5. The largest absolute Gasteiger partial charge is 0.540 e. The lowest BCUT2D eigenvalue weighted by Crippen LogP contribution is -2.71. The van der Waals surface area contributed by atoms with E-state index in [2.05, 4.69) is 25.4 Å². The molecular formula is C31H32BCl2N5O10S2. The summed E-state index contributed by atoms with van der Waals surface area (Å²) < 4.78 is 20.3. The number of thioether (sulfide) groups is 1. The number of hydrogen-bond acceptors (Lipinski definition) is 14. The standard InChI is InChI=1S/C31H32BCl2N5O10S2/c1-30(2,3)47-29(44)37-28-36-18(22(34)51-28)19(38-49-31(10-5-11-31)27(43)48-32)23(40)35-20-24(41)39-21(16(12-33)14-50-25(20)39)26(42)46-13-15-6-8-17(45-4)9-7-15/h6-9,20,25H,5,10-14H2,1-4H3,(H,35,40)(H,36,37,44)/b38-19-. The Hall–Kier alpha value is -4.00. The first-order valence-electron chi connectivity index (χ1n) is 15.4. The number of nitrogens with one attached hydrogen (secondary N) is 2. The van der Waals surface area contributed by atoms with Crippen LogP contribution in [-0.2, 0) is 44.8 Å². The first-order valence-corrected chi connectivity index (χ1v) is 18.2. The van der Waals surface area contributed by atoms with Crippen molar-refractivity contribution in [1.29, 1.82) is 0 Å². The molecule has 1 aromatic heterocycles. The number of thiazole rings is 1. The van der Waals surface area contributed by atoms with Gasteiger partial charge in [0.15, 0.2) is 10.8 Å². The van der Waals surface area contributed by atoms with Gasteiger partial charge in [-0.15, -0.1) is 23.4 Å². The van der Waals surface area contributed by atoms with Crippen molar-refractivity contribution in [2.45, 2.75) is 69.3 Å². The summed E-state index contributed by atoms with van der Waals surface area (Å²) in [7, 11) is 6.65. The molecule has 2 fully saturated rings. The molecule has 5 rings (SSSR count). The van der Waals surface area contributed by atoms with Gasteiger partial charge in [0.1, 0.15) is 45.1 Å². The van der Waals surface area contributed by atoms with Gasteiger partial charge in [-0.05, 0) is 50.5 Å². The fraction of sp³-hybridized carbons (Fsp3) is 0.452. The zero-order valence-electron chi connectivity index (χ0n) is 27.8. The highest BCUT2D eigenvalue weighted by atomic mass is 35.5. The van der Waals surface area contributed by atoms with Gasteiger partial charge in [0.05, 0.1) is 7.11 Å². The number of anilines is 1. The van der Waals surface area contributed by atoms with Crippen LogP contribution in [0.2, 0.25) is 4.34 Å². The SMILES string of the molecule is [B]OC(=O)C1(O/N=C(\C(=O)NC2C(=O)N3C(C(=O)OCc4ccc(OC)cc4)=C(CCl)CSC23)c2nc(NC(=O)OC(C)(C)C)sc2Cl)CCC1. The number of β-lactam (4-membered cyclic amide) rings is 1. The number of halogens is 2. The van der Waals surface area contributed by atoms with Gasteiger partial charge in [-0.2, -0.15) is 0 Å². The zero-order chi connectivity index (χ0) is 37.1. The minimum atomic E-state index is -1.55. The van der Waals surface area contributed by atoms with Crippen molar-refractivity contribution in [3.63, 3.8) is 0 Å². The van der Waals surface area contributed by atoms with Gasteiger partial charge in [0.25, 0.3) is 11.8 Å². The molecule has 2 radical (unpaired) electrons. The maximum atomic E-state index is 13.9. The minimum Gasteiger partial charge on any atom is -0.540 e. The van der Waals surface area contributed by atoms with Crippen molar-refractivity contribution in [2.75, 3.05) is 24.1 Å². The summed E-state index contributed by atoms with van der Waals surface area (Å²) in [5.41, 5.74) is -1.89. The van der Waals surface area contributed by atoms with Crippen LogP contribution < -0.4 is 15.4 Å². The number of methoxy groups -OCH3 is 1. The van der Waals surface area contributed by atoms with Crippen molar-refractivity contribution < 1.29 is 47.7 Å². The molecule has 0 bridgehead atoms. The summed E-state index contributed by atoms with van der Waals surface area (Å²) in [6.45, 7) is 4.96. The fourth-order valence-electron chi connectivity index (χ4n) is 5.08. The second kappa shape index (κ2) is 15.7. The molecule has 1 aromatic carbocycles. The normalized spacial score (nSPS) is 19.5. The summed E-state index contributed by atoms with van der Waals surface area (Å²) >= 11 is 14.7. The number of rotatable bonds is 12. The molecule has 2 aromatic rings. The maximum absolute atomic E-state index is 13.9. The van der Waals surface area contributed by atoms with Crippen molar-refractivity contribution in [3.8, 4) is 5.75 Å². The van der Waals surface area contributed by atoms with Crippen LogP contribution >= 0.6 is 46.3 Å². The lowest BCUT2D eigenvalue weighted by Gasteiger charge is -2.49. The molecule has 3 amide bonds. The average Bonchev–Trinajstić information content (AvgIpc) is 3.43. The monoisotopic (exact) mass is 779 g/mol. The number of hydrogen-bond donors (Lipinski definition) is 2. The molecule has 3 aliphatic rings. The number of fused-ring (bicyclic) bond motifs is 1. The second-order valence-electron chi connectivity index (χ2n) is 12.4. The highest BCUT2D eigenvalue weighted by Crippen LogP contribution is 2.42. The van der Waals surface area contributed by atoms with Gasteiger partial charge in [0.2, 0.25) is 5.60 Å². The molecule has 1 saturated heterocycles. The van der Waals surface area contributed by atoms with Crippen molar-refractivity contribution in [1.82, 2.24) is 15.2 Å². The predicted molar refractivity (Wildman–Crippen MR) is 189 cm³/mol. The molecular weight excluding hydrogens is 748 g/mol. The molecule has 0 spiro atoms. The summed E-state index contributed by atoms with van der Waals surface area (Å²) in [4.78, 5) is 76.6. The number of benzene rings is 1. The van der Waals surface area contributed by atoms with Crippen LogP contribution in [0.25, 0.3) is 0 Å². The maximum Gasteiger partial charge on any atom is 0.413 e. The van der Waals surface area contributed by atoms with Gasteiger partial charge in [-0.3, -0.25) is 19.8 Å². The summed E-state index contributed by atoms with van der Waals surface area (Å²) in [5, 5.41) is 8.29. The number of nitrogens with zero attached hydrogens (tertiary/aromatic N) is 3. The van der Waals surface area contributed by atoms with E-state index in [0.717, 1.165) is 11.3 Å². The van der Waals surface area contributed by atoms with Crippen LogP contribution in [-0.4, -0.2) is 94.9 Å².